The zero-order valence-electron chi connectivity index (χ0n) is 10.6. The molecule has 1 heterocycles. The molecule has 110 valence electrons. The van der Waals surface area contributed by atoms with Crippen LogP contribution >= 0.6 is 0 Å². The lowest BCUT2D eigenvalue weighted by atomic mass is 10.4. The summed E-state index contributed by atoms with van der Waals surface area (Å²) in [7, 11) is 0. The van der Waals surface area contributed by atoms with Crippen LogP contribution in [0.15, 0.2) is 22.8 Å². The maximum Gasteiger partial charge on any atom is 0.261 e. The molecule has 1 unspecified atom stereocenters. The van der Waals surface area contributed by atoms with Crippen LogP contribution in [0.2, 0.25) is 0 Å². The van der Waals surface area contributed by atoms with Crippen molar-refractivity contribution in [1.29, 1.82) is 0 Å². The minimum absolute atomic E-state index is 0.172. The number of ether oxygens (including phenoxy) is 2. The standard InChI is InChI=1S/C12H19F2NO4/c13-12(14)9-17-5-3-15-6-10(16)7-18-8-11-2-1-4-19-11/h1-2,4,10,12,15-16H,3,5-9H2. The van der Waals surface area contributed by atoms with Gasteiger partial charge in [-0.2, -0.15) is 0 Å². The van der Waals surface area contributed by atoms with Crippen molar-refractivity contribution in [1.82, 2.24) is 5.32 Å². The molecule has 1 atom stereocenters. The minimum Gasteiger partial charge on any atom is -0.467 e. The van der Waals surface area contributed by atoms with Gasteiger partial charge in [-0.3, -0.25) is 0 Å². The molecule has 0 saturated carbocycles. The Morgan fingerprint density at radius 1 is 1.32 bits per heavy atom. The number of alkyl halides is 2. The summed E-state index contributed by atoms with van der Waals surface area (Å²) in [4.78, 5) is 0. The Kier molecular flexibility index (Phi) is 8.31. The minimum atomic E-state index is -2.44. The Bertz CT molecular complexity index is 309. The Hall–Kier alpha value is -1.02. The molecule has 0 saturated heterocycles. The van der Waals surface area contributed by atoms with E-state index in [4.69, 9.17) is 9.15 Å². The predicted octanol–water partition coefficient (Wildman–Crippen LogP) is 1.03. The molecule has 0 aliphatic heterocycles. The number of nitrogens with one attached hydrogen (secondary N) is 1. The number of furan rings is 1. The second kappa shape index (κ2) is 9.85. The van der Waals surface area contributed by atoms with Gasteiger partial charge in [-0.1, -0.05) is 0 Å². The second-order valence-corrected chi connectivity index (χ2v) is 3.92. The largest absolute Gasteiger partial charge is 0.467 e. The highest BCUT2D eigenvalue weighted by atomic mass is 19.3. The van der Waals surface area contributed by atoms with Crippen molar-refractivity contribution in [3.8, 4) is 0 Å². The molecule has 1 aromatic rings. The first kappa shape index (κ1) is 16.0. The van der Waals surface area contributed by atoms with Gasteiger partial charge < -0.3 is 24.3 Å². The van der Waals surface area contributed by atoms with Crippen LogP contribution in [-0.4, -0.2) is 50.5 Å². The van der Waals surface area contributed by atoms with Gasteiger partial charge >= 0.3 is 0 Å². The van der Waals surface area contributed by atoms with Gasteiger partial charge in [0.2, 0.25) is 0 Å². The molecule has 0 bridgehead atoms. The van der Waals surface area contributed by atoms with E-state index in [1.807, 2.05) is 0 Å². The Morgan fingerprint density at radius 3 is 2.84 bits per heavy atom. The number of aliphatic hydroxyl groups excluding tert-OH is 1. The van der Waals surface area contributed by atoms with E-state index in [0.29, 0.717) is 25.5 Å². The number of aliphatic hydroxyl groups is 1. The van der Waals surface area contributed by atoms with Gasteiger partial charge in [-0.05, 0) is 12.1 Å². The van der Waals surface area contributed by atoms with Gasteiger partial charge in [-0.25, -0.2) is 8.78 Å². The van der Waals surface area contributed by atoms with Crippen LogP contribution in [0.4, 0.5) is 8.78 Å². The van der Waals surface area contributed by atoms with Gasteiger partial charge in [0, 0.05) is 13.1 Å². The smallest absolute Gasteiger partial charge is 0.261 e. The zero-order chi connectivity index (χ0) is 13.9. The highest BCUT2D eigenvalue weighted by Crippen LogP contribution is 2.01. The van der Waals surface area contributed by atoms with Crippen LogP contribution in [0.25, 0.3) is 0 Å². The van der Waals surface area contributed by atoms with Gasteiger partial charge in [0.1, 0.15) is 19.0 Å². The SMILES string of the molecule is OC(CNCCOCC(F)F)COCc1ccco1. The molecule has 5 nitrogen and oxygen atoms in total. The molecule has 0 aromatic carbocycles. The third-order valence-corrected chi connectivity index (χ3v) is 2.18. The Morgan fingerprint density at radius 2 is 2.16 bits per heavy atom. The molecule has 0 radical (unpaired) electrons. The molecule has 19 heavy (non-hydrogen) atoms. The van der Waals surface area contributed by atoms with Gasteiger partial charge in [-0.15, -0.1) is 0 Å². The second-order valence-electron chi connectivity index (χ2n) is 3.92. The average Bonchev–Trinajstić information content (AvgIpc) is 2.86. The molecular weight excluding hydrogens is 260 g/mol. The van der Waals surface area contributed by atoms with Gasteiger partial charge in [0.05, 0.1) is 25.6 Å². The quantitative estimate of drug-likeness (QED) is 0.592. The van der Waals surface area contributed by atoms with Crippen LogP contribution in [0.1, 0.15) is 5.76 Å². The van der Waals surface area contributed by atoms with E-state index in [2.05, 4.69) is 10.1 Å². The summed E-state index contributed by atoms with van der Waals surface area (Å²) >= 11 is 0. The molecule has 0 aliphatic rings. The maximum atomic E-state index is 11.7. The summed E-state index contributed by atoms with van der Waals surface area (Å²) in [6.07, 6.45) is -1.55. The van der Waals surface area contributed by atoms with E-state index in [0.717, 1.165) is 0 Å². The molecule has 0 fully saturated rings. The summed E-state index contributed by atoms with van der Waals surface area (Å²) < 4.78 is 38.4. The monoisotopic (exact) mass is 279 g/mol. The van der Waals surface area contributed by atoms with E-state index in [1.54, 1.807) is 18.4 Å². The van der Waals surface area contributed by atoms with E-state index >= 15 is 0 Å². The third kappa shape index (κ3) is 8.66. The first-order valence-corrected chi connectivity index (χ1v) is 6.03. The van der Waals surface area contributed by atoms with E-state index in [9.17, 15) is 13.9 Å². The summed E-state index contributed by atoms with van der Waals surface area (Å²) in [5, 5.41) is 12.4. The van der Waals surface area contributed by atoms with Gasteiger partial charge in [0.15, 0.2) is 0 Å². The fourth-order valence-electron chi connectivity index (χ4n) is 1.33. The molecule has 1 aromatic heterocycles. The zero-order valence-corrected chi connectivity index (χ0v) is 10.6. The van der Waals surface area contributed by atoms with Crippen LogP contribution in [0, 0.1) is 0 Å². The van der Waals surface area contributed by atoms with Gasteiger partial charge in [0.25, 0.3) is 6.43 Å². The van der Waals surface area contributed by atoms with Crippen molar-refractivity contribution < 1.29 is 27.8 Å². The number of hydrogen-bond donors (Lipinski definition) is 2. The Balaban J connectivity index is 1.89. The normalized spacial score (nSPS) is 13.1. The molecule has 2 N–H and O–H groups in total. The molecule has 0 amide bonds. The molecule has 0 spiro atoms. The molecule has 7 heteroatoms. The van der Waals surface area contributed by atoms with Crippen LogP contribution in [-0.2, 0) is 16.1 Å². The topological polar surface area (TPSA) is 63.9 Å². The van der Waals surface area contributed by atoms with Crippen molar-refractivity contribution in [2.24, 2.45) is 0 Å². The van der Waals surface area contributed by atoms with Crippen LogP contribution < -0.4 is 5.32 Å². The summed E-state index contributed by atoms with van der Waals surface area (Å²) in [6.45, 7) is 0.826. The first-order valence-electron chi connectivity index (χ1n) is 6.03. The predicted molar refractivity (Wildman–Crippen MR) is 64.1 cm³/mol. The van der Waals surface area contributed by atoms with E-state index in [1.165, 1.54) is 0 Å². The van der Waals surface area contributed by atoms with Crippen molar-refractivity contribution in [2.75, 3.05) is 32.9 Å². The van der Waals surface area contributed by atoms with Crippen LogP contribution in [0.3, 0.4) is 0 Å². The lowest BCUT2D eigenvalue weighted by Gasteiger charge is -2.12. The van der Waals surface area contributed by atoms with E-state index < -0.39 is 19.1 Å². The van der Waals surface area contributed by atoms with Crippen molar-refractivity contribution in [3.63, 3.8) is 0 Å². The number of rotatable bonds is 11. The number of hydrogen-bond acceptors (Lipinski definition) is 5. The molecule has 0 aliphatic carbocycles. The maximum absolute atomic E-state index is 11.7. The molecule has 1 rings (SSSR count). The van der Waals surface area contributed by atoms with Crippen molar-refractivity contribution in [3.05, 3.63) is 24.2 Å². The summed E-state index contributed by atoms with van der Waals surface area (Å²) in [6, 6.07) is 3.54. The third-order valence-electron chi connectivity index (χ3n) is 2.18. The summed E-state index contributed by atoms with van der Waals surface area (Å²) in [5.41, 5.74) is 0. The van der Waals surface area contributed by atoms with E-state index in [-0.39, 0.29) is 13.2 Å². The first-order chi connectivity index (χ1) is 9.18. The lowest BCUT2D eigenvalue weighted by Crippen LogP contribution is -2.32. The highest BCUT2D eigenvalue weighted by molar-refractivity contribution is 4.96. The van der Waals surface area contributed by atoms with Crippen LogP contribution in [0.5, 0.6) is 0 Å². The Labute approximate surface area is 110 Å². The number of halogens is 2. The summed E-state index contributed by atoms with van der Waals surface area (Å²) in [5.74, 6) is 0.695. The fraction of sp³-hybridized carbons (Fsp3) is 0.667. The lowest BCUT2D eigenvalue weighted by molar-refractivity contribution is 0.0121. The highest BCUT2D eigenvalue weighted by Gasteiger charge is 2.05. The average molecular weight is 279 g/mol. The van der Waals surface area contributed by atoms with Crippen molar-refractivity contribution in [2.45, 2.75) is 19.1 Å². The fourth-order valence-corrected chi connectivity index (χ4v) is 1.33. The molecular formula is C12H19F2NO4. The van der Waals surface area contributed by atoms with Crippen molar-refractivity contribution >= 4 is 0 Å².